The lowest BCUT2D eigenvalue weighted by Crippen LogP contribution is -2.41. The predicted molar refractivity (Wildman–Crippen MR) is 86.2 cm³/mol. The molecule has 1 heterocycles. The highest BCUT2D eigenvalue weighted by Gasteiger charge is 2.17. The van der Waals surface area contributed by atoms with E-state index in [1.165, 1.54) is 12.8 Å². The first-order valence-corrected chi connectivity index (χ1v) is 8.16. The summed E-state index contributed by atoms with van der Waals surface area (Å²) < 4.78 is 1.01. The fourth-order valence-electron chi connectivity index (χ4n) is 2.70. The number of nitrogens with one attached hydrogen (secondary N) is 1. The van der Waals surface area contributed by atoms with Crippen molar-refractivity contribution >= 4 is 21.7 Å². The van der Waals surface area contributed by atoms with E-state index in [0.29, 0.717) is 12.5 Å². The molecule has 20 heavy (non-hydrogen) atoms. The lowest BCUT2D eigenvalue weighted by molar-refractivity contribution is 0.0971. The molecule has 0 saturated carbocycles. The van der Waals surface area contributed by atoms with Gasteiger partial charge in [0.25, 0.3) is 0 Å². The second-order valence-electron chi connectivity index (χ2n) is 5.50. The van der Waals surface area contributed by atoms with Crippen LogP contribution >= 0.6 is 15.9 Å². The van der Waals surface area contributed by atoms with Crippen LogP contribution in [0.1, 0.15) is 36.0 Å². The highest BCUT2D eigenvalue weighted by molar-refractivity contribution is 9.10. The van der Waals surface area contributed by atoms with Gasteiger partial charge in [-0.15, -0.1) is 0 Å². The smallest absolute Gasteiger partial charge is 0.162 e. The molecule has 0 atom stereocenters. The number of piperidine rings is 1. The number of hydrogen-bond donors (Lipinski definition) is 1. The summed E-state index contributed by atoms with van der Waals surface area (Å²) in [6.45, 7) is 3.24. The van der Waals surface area contributed by atoms with E-state index in [0.717, 1.165) is 36.1 Å². The highest BCUT2D eigenvalue weighted by Crippen LogP contribution is 2.14. The van der Waals surface area contributed by atoms with Crippen molar-refractivity contribution in [2.45, 2.75) is 31.7 Å². The topological polar surface area (TPSA) is 32.3 Å². The number of rotatable bonds is 6. The number of Topliss-reactive ketones (excluding diaryl/α,β-unsaturated/α-hetero) is 1. The van der Waals surface area contributed by atoms with Crippen LogP contribution in [0.15, 0.2) is 28.7 Å². The average Bonchev–Trinajstić information content (AvgIpc) is 2.48. The Balaban J connectivity index is 1.72. The van der Waals surface area contributed by atoms with Crippen LogP contribution in [0.4, 0.5) is 0 Å². The minimum absolute atomic E-state index is 0.246. The number of hydrogen-bond acceptors (Lipinski definition) is 3. The van der Waals surface area contributed by atoms with Crippen molar-refractivity contribution in [3.8, 4) is 0 Å². The monoisotopic (exact) mass is 338 g/mol. The molecule has 4 heteroatoms. The molecule has 0 aliphatic carbocycles. The Morgan fingerprint density at radius 2 is 1.95 bits per heavy atom. The van der Waals surface area contributed by atoms with E-state index in [4.69, 9.17) is 0 Å². The lowest BCUT2D eigenvalue weighted by atomic mass is 10.0. The van der Waals surface area contributed by atoms with Crippen molar-refractivity contribution in [1.82, 2.24) is 10.2 Å². The van der Waals surface area contributed by atoms with Crippen LogP contribution in [0.3, 0.4) is 0 Å². The Morgan fingerprint density at radius 1 is 1.30 bits per heavy atom. The molecule has 3 nitrogen and oxygen atoms in total. The van der Waals surface area contributed by atoms with E-state index < -0.39 is 0 Å². The molecule has 1 N–H and O–H groups in total. The molecule has 0 unspecified atom stereocenters. The van der Waals surface area contributed by atoms with Gasteiger partial charge in [-0.3, -0.25) is 4.79 Å². The number of carbonyl (C=O) groups excluding carboxylic acids is 1. The zero-order chi connectivity index (χ0) is 14.4. The quantitative estimate of drug-likeness (QED) is 0.809. The van der Waals surface area contributed by atoms with Crippen LogP contribution in [0.5, 0.6) is 0 Å². The lowest BCUT2D eigenvalue weighted by Gasteiger charge is -2.31. The third-order valence-electron chi connectivity index (χ3n) is 4.01. The Kier molecular flexibility index (Phi) is 6.20. The zero-order valence-electron chi connectivity index (χ0n) is 12.1. The van der Waals surface area contributed by atoms with Gasteiger partial charge >= 0.3 is 0 Å². The van der Waals surface area contributed by atoms with E-state index in [-0.39, 0.29) is 5.78 Å². The minimum atomic E-state index is 0.246. The van der Waals surface area contributed by atoms with E-state index in [2.05, 4.69) is 33.2 Å². The van der Waals surface area contributed by atoms with Crippen molar-refractivity contribution in [3.05, 3.63) is 34.3 Å². The molecule has 0 spiro atoms. The molecule has 0 radical (unpaired) electrons. The van der Waals surface area contributed by atoms with Crippen molar-refractivity contribution in [2.24, 2.45) is 0 Å². The Morgan fingerprint density at radius 3 is 2.60 bits per heavy atom. The van der Waals surface area contributed by atoms with Gasteiger partial charge in [0, 0.05) is 22.5 Å². The van der Waals surface area contributed by atoms with E-state index in [1.54, 1.807) is 0 Å². The van der Waals surface area contributed by atoms with Crippen LogP contribution in [0.25, 0.3) is 0 Å². The fraction of sp³-hybridized carbons (Fsp3) is 0.562. The van der Waals surface area contributed by atoms with Crippen molar-refractivity contribution in [3.63, 3.8) is 0 Å². The standard InChI is InChI=1S/C16H23BrN2O/c1-19(15-8-10-18-11-9-15)12-2-3-16(20)13-4-6-14(17)7-5-13/h4-7,15,18H,2-3,8-12H2,1H3. The first-order chi connectivity index (χ1) is 9.66. The van der Waals surface area contributed by atoms with Gasteiger partial charge in [-0.1, -0.05) is 28.1 Å². The summed E-state index contributed by atoms with van der Waals surface area (Å²) in [7, 11) is 2.18. The minimum Gasteiger partial charge on any atom is -0.317 e. The van der Waals surface area contributed by atoms with Crippen LogP contribution in [0, 0.1) is 0 Å². The first-order valence-electron chi connectivity index (χ1n) is 7.36. The molecule has 0 aromatic heterocycles. The van der Waals surface area contributed by atoms with Crippen molar-refractivity contribution in [1.29, 1.82) is 0 Å². The Labute approximate surface area is 129 Å². The zero-order valence-corrected chi connectivity index (χ0v) is 13.7. The normalized spacial score (nSPS) is 16.6. The van der Waals surface area contributed by atoms with Gasteiger partial charge < -0.3 is 10.2 Å². The SMILES string of the molecule is CN(CCCC(=O)c1ccc(Br)cc1)C1CCNCC1. The van der Waals surface area contributed by atoms with Gasteiger partial charge in [0.1, 0.15) is 0 Å². The largest absolute Gasteiger partial charge is 0.317 e. The molecule has 2 rings (SSSR count). The maximum atomic E-state index is 12.1. The summed E-state index contributed by atoms with van der Waals surface area (Å²) >= 11 is 3.39. The van der Waals surface area contributed by atoms with Crippen LogP contribution in [-0.2, 0) is 0 Å². The summed E-state index contributed by atoms with van der Waals surface area (Å²) in [5, 5.41) is 3.39. The van der Waals surface area contributed by atoms with E-state index in [9.17, 15) is 4.79 Å². The molecule has 1 aliphatic rings. The second kappa shape index (κ2) is 7.91. The maximum absolute atomic E-state index is 12.1. The molecular formula is C16H23BrN2O. The Bertz CT molecular complexity index is 427. The number of benzene rings is 1. The van der Waals surface area contributed by atoms with Crippen molar-refractivity contribution in [2.75, 3.05) is 26.7 Å². The van der Waals surface area contributed by atoms with Gasteiger partial charge in [0.2, 0.25) is 0 Å². The Hall–Kier alpha value is -0.710. The molecule has 0 bridgehead atoms. The van der Waals surface area contributed by atoms with Crippen LogP contribution in [-0.4, -0.2) is 43.4 Å². The van der Waals surface area contributed by atoms with E-state index >= 15 is 0 Å². The average molecular weight is 339 g/mol. The van der Waals surface area contributed by atoms with Gasteiger partial charge in [-0.05, 0) is 58.1 Å². The number of carbonyl (C=O) groups is 1. The molecule has 0 amide bonds. The van der Waals surface area contributed by atoms with E-state index in [1.807, 2.05) is 24.3 Å². The molecule has 110 valence electrons. The number of ketones is 1. The third-order valence-corrected chi connectivity index (χ3v) is 4.54. The molecular weight excluding hydrogens is 316 g/mol. The first kappa shape index (κ1) is 15.7. The van der Waals surface area contributed by atoms with Gasteiger partial charge in [-0.2, -0.15) is 0 Å². The molecule has 1 aromatic rings. The summed E-state index contributed by atoms with van der Waals surface area (Å²) in [5.41, 5.74) is 0.817. The van der Waals surface area contributed by atoms with Crippen LogP contribution < -0.4 is 5.32 Å². The summed E-state index contributed by atoms with van der Waals surface area (Å²) in [5.74, 6) is 0.246. The third kappa shape index (κ3) is 4.69. The number of halogens is 1. The summed E-state index contributed by atoms with van der Waals surface area (Å²) in [6, 6.07) is 8.31. The molecule has 1 aromatic carbocycles. The summed E-state index contributed by atoms with van der Waals surface area (Å²) in [6.07, 6.45) is 4.01. The summed E-state index contributed by atoms with van der Waals surface area (Å²) in [4.78, 5) is 14.5. The molecule has 1 saturated heterocycles. The maximum Gasteiger partial charge on any atom is 0.162 e. The fourth-order valence-corrected chi connectivity index (χ4v) is 2.96. The van der Waals surface area contributed by atoms with Crippen molar-refractivity contribution < 1.29 is 4.79 Å². The molecule has 1 aliphatic heterocycles. The second-order valence-corrected chi connectivity index (χ2v) is 6.41. The van der Waals surface area contributed by atoms with Crippen LogP contribution in [0.2, 0.25) is 0 Å². The van der Waals surface area contributed by atoms with Gasteiger partial charge in [0.05, 0.1) is 0 Å². The molecule has 1 fully saturated rings. The predicted octanol–water partition coefficient (Wildman–Crippen LogP) is 3.10. The highest BCUT2D eigenvalue weighted by atomic mass is 79.9. The van der Waals surface area contributed by atoms with Gasteiger partial charge in [0.15, 0.2) is 5.78 Å². The van der Waals surface area contributed by atoms with Gasteiger partial charge in [-0.25, -0.2) is 0 Å². The number of nitrogens with zero attached hydrogens (tertiary/aromatic N) is 1.